The van der Waals surface area contributed by atoms with Gasteiger partial charge in [-0.3, -0.25) is 5.32 Å². The minimum Gasteiger partial charge on any atom is -0.283 e. The molecule has 0 saturated carbocycles. The van der Waals surface area contributed by atoms with Gasteiger partial charge in [-0.05, 0) is 30.8 Å². The first-order chi connectivity index (χ1) is 11.5. The van der Waals surface area contributed by atoms with Crippen molar-refractivity contribution in [3.63, 3.8) is 0 Å². The van der Waals surface area contributed by atoms with Gasteiger partial charge in [-0.1, -0.05) is 29.5 Å². The lowest BCUT2D eigenvalue weighted by atomic mass is 10.4. The van der Waals surface area contributed by atoms with Crippen LogP contribution in [0.3, 0.4) is 0 Å². The zero-order chi connectivity index (χ0) is 18.8. The van der Waals surface area contributed by atoms with E-state index < -0.39 is 21.6 Å². The number of nitrogens with zero attached hydrogens (tertiary/aromatic N) is 2. The molecule has 2 amide bonds. The number of aromatic nitrogens is 1. The van der Waals surface area contributed by atoms with Crippen LogP contribution >= 0.6 is 23.1 Å². The minimum absolute atomic E-state index is 0.0868. The Hall–Kier alpha value is -1.79. The number of nitrogens with one attached hydrogen (secondary N) is 1. The van der Waals surface area contributed by atoms with E-state index in [0.717, 1.165) is 7.05 Å². The standard InChI is InChI=1S/C13H12F3N3O3S3/c1-8-10(24-13(14,15)16)23-11(17-8)18-12(20)19(2)25(21,22)9-6-4-3-5-7-9/h3-7H,1-2H3,(H,17,18,20). The SMILES string of the molecule is Cc1nc(NC(=O)N(C)S(=O)(=O)c2ccccc2)sc1SC(F)(F)F. The molecule has 0 aliphatic rings. The van der Waals surface area contributed by atoms with E-state index in [2.05, 4.69) is 10.3 Å². The van der Waals surface area contributed by atoms with Gasteiger partial charge in [-0.2, -0.15) is 13.2 Å². The van der Waals surface area contributed by atoms with Crippen LogP contribution in [0.15, 0.2) is 39.4 Å². The summed E-state index contributed by atoms with van der Waals surface area (Å²) in [5.41, 5.74) is -4.39. The second-order valence-corrected chi connectivity index (χ2v) is 8.96. The van der Waals surface area contributed by atoms with Crippen molar-refractivity contribution in [3.8, 4) is 0 Å². The fourth-order valence-corrected chi connectivity index (χ4v) is 4.53. The van der Waals surface area contributed by atoms with Gasteiger partial charge < -0.3 is 0 Å². The number of rotatable bonds is 4. The lowest BCUT2D eigenvalue weighted by Gasteiger charge is -2.17. The molecule has 1 N–H and O–H groups in total. The van der Waals surface area contributed by atoms with Crippen molar-refractivity contribution >= 4 is 44.3 Å². The van der Waals surface area contributed by atoms with Gasteiger partial charge in [0.05, 0.1) is 14.8 Å². The highest BCUT2D eigenvalue weighted by Crippen LogP contribution is 2.42. The normalized spacial score (nSPS) is 12.0. The molecule has 0 spiro atoms. The lowest BCUT2D eigenvalue weighted by Crippen LogP contribution is -2.36. The molecule has 0 bridgehead atoms. The summed E-state index contributed by atoms with van der Waals surface area (Å²) in [6, 6.07) is 6.25. The number of alkyl halides is 3. The summed E-state index contributed by atoms with van der Waals surface area (Å²) < 4.78 is 62.3. The van der Waals surface area contributed by atoms with E-state index in [9.17, 15) is 26.4 Å². The summed E-state index contributed by atoms with van der Waals surface area (Å²) in [5, 5.41) is 2.08. The van der Waals surface area contributed by atoms with Crippen LogP contribution in [0.5, 0.6) is 0 Å². The van der Waals surface area contributed by atoms with Crippen molar-refractivity contribution in [2.24, 2.45) is 0 Å². The number of thioether (sulfide) groups is 1. The third kappa shape index (κ3) is 4.86. The smallest absolute Gasteiger partial charge is 0.283 e. The molecule has 2 rings (SSSR count). The number of sulfonamides is 1. The third-order valence-electron chi connectivity index (χ3n) is 2.86. The number of anilines is 1. The number of thiazole rings is 1. The molecule has 1 aromatic heterocycles. The Morgan fingerprint density at radius 2 is 1.88 bits per heavy atom. The third-order valence-corrected chi connectivity index (χ3v) is 6.70. The highest BCUT2D eigenvalue weighted by atomic mass is 32.2. The summed E-state index contributed by atoms with van der Waals surface area (Å²) in [6.45, 7) is 1.37. The van der Waals surface area contributed by atoms with Gasteiger partial charge in [0.25, 0.3) is 10.0 Å². The zero-order valence-electron chi connectivity index (χ0n) is 12.9. The molecular weight excluding hydrogens is 399 g/mol. The first-order valence-corrected chi connectivity index (χ1v) is 9.66. The molecular formula is C13H12F3N3O3S3. The maximum absolute atomic E-state index is 12.4. The highest BCUT2D eigenvalue weighted by molar-refractivity contribution is 8.02. The molecule has 0 fully saturated rings. The van der Waals surface area contributed by atoms with Gasteiger partial charge >= 0.3 is 11.5 Å². The van der Waals surface area contributed by atoms with E-state index in [1.807, 2.05) is 0 Å². The van der Waals surface area contributed by atoms with Crippen molar-refractivity contribution < 1.29 is 26.4 Å². The Balaban J connectivity index is 2.16. The maximum atomic E-state index is 12.4. The van der Waals surface area contributed by atoms with Crippen molar-refractivity contribution in [2.75, 3.05) is 12.4 Å². The maximum Gasteiger partial charge on any atom is 0.447 e. The predicted octanol–water partition coefficient (Wildman–Crippen LogP) is 3.92. The molecule has 25 heavy (non-hydrogen) atoms. The number of amides is 2. The van der Waals surface area contributed by atoms with Crippen LogP contribution in [0.2, 0.25) is 0 Å². The summed E-state index contributed by atoms with van der Waals surface area (Å²) in [6.07, 6.45) is 0. The summed E-state index contributed by atoms with van der Waals surface area (Å²) >= 11 is 0.276. The van der Waals surface area contributed by atoms with Gasteiger partial charge in [-0.15, -0.1) is 0 Å². The number of aryl methyl sites for hydroxylation is 1. The molecule has 0 aliphatic heterocycles. The Bertz CT molecular complexity index is 867. The molecule has 0 radical (unpaired) electrons. The minimum atomic E-state index is -4.48. The van der Waals surface area contributed by atoms with Crippen molar-refractivity contribution in [2.45, 2.75) is 21.5 Å². The molecule has 0 atom stereocenters. The summed E-state index contributed by atoms with van der Waals surface area (Å²) in [4.78, 5) is 15.8. The largest absolute Gasteiger partial charge is 0.447 e. The van der Waals surface area contributed by atoms with E-state index in [0.29, 0.717) is 15.6 Å². The first-order valence-electron chi connectivity index (χ1n) is 6.59. The van der Waals surface area contributed by atoms with Crippen LogP contribution in [0.1, 0.15) is 5.69 Å². The summed E-state index contributed by atoms with van der Waals surface area (Å²) in [7, 11) is -3.03. The van der Waals surface area contributed by atoms with Gasteiger partial charge in [-0.25, -0.2) is 22.5 Å². The van der Waals surface area contributed by atoms with Crippen LogP contribution < -0.4 is 5.32 Å². The van der Waals surface area contributed by atoms with Crippen molar-refractivity contribution in [3.05, 3.63) is 36.0 Å². The highest BCUT2D eigenvalue weighted by Gasteiger charge is 2.32. The van der Waals surface area contributed by atoms with Crippen LogP contribution in [-0.4, -0.2) is 36.3 Å². The second-order valence-electron chi connectivity index (χ2n) is 4.66. The number of urea groups is 1. The Labute approximate surface area is 150 Å². The number of halogens is 3. The van der Waals surface area contributed by atoms with E-state index >= 15 is 0 Å². The van der Waals surface area contributed by atoms with E-state index in [1.54, 1.807) is 6.07 Å². The number of hydrogen-bond donors (Lipinski definition) is 1. The Kier molecular flexibility index (Phi) is 5.64. The average Bonchev–Trinajstić information content (AvgIpc) is 2.84. The van der Waals surface area contributed by atoms with Crippen molar-refractivity contribution in [1.82, 2.24) is 9.29 Å². The predicted molar refractivity (Wildman–Crippen MR) is 89.2 cm³/mol. The van der Waals surface area contributed by atoms with E-state index in [1.165, 1.54) is 31.2 Å². The molecule has 12 heteroatoms. The molecule has 0 aliphatic carbocycles. The van der Waals surface area contributed by atoms with Crippen LogP contribution in [0, 0.1) is 6.92 Å². The van der Waals surface area contributed by atoms with Crippen molar-refractivity contribution in [1.29, 1.82) is 0 Å². The molecule has 1 aromatic carbocycles. The Morgan fingerprint density at radius 1 is 1.28 bits per heavy atom. The fourth-order valence-electron chi connectivity index (χ4n) is 1.67. The first kappa shape index (κ1) is 19.5. The number of hydrogen-bond acceptors (Lipinski definition) is 6. The molecule has 6 nitrogen and oxygen atoms in total. The Morgan fingerprint density at radius 3 is 2.44 bits per heavy atom. The molecule has 136 valence electrons. The fraction of sp³-hybridized carbons (Fsp3) is 0.231. The van der Waals surface area contributed by atoms with E-state index in [-0.39, 0.29) is 31.7 Å². The monoisotopic (exact) mass is 411 g/mol. The molecule has 1 heterocycles. The van der Waals surface area contributed by atoms with Gasteiger partial charge in [0.1, 0.15) is 0 Å². The number of benzene rings is 1. The second kappa shape index (κ2) is 7.22. The summed E-state index contributed by atoms with van der Waals surface area (Å²) in [5.74, 6) is 0. The average molecular weight is 411 g/mol. The number of carbonyl (C=O) groups is 1. The quantitative estimate of drug-likeness (QED) is 0.772. The van der Waals surface area contributed by atoms with Crippen LogP contribution in [0.4, 0.5) is 23.1 Å². The molecule has 2 aromatic rings. The lowest BCUT2D eigenvalue weighted by molar-refractivity contribution is -0.0327. The topological polar surface area (TPSA) is 79.4 Å². The van der Waals surface area contributed by atoms with Crippen LogP contribution in [0.25, 0.3) is 0 Å². The zero-order valence-corrected chi connectivity index (χ0v) is 15.3. The van der Waals surface area contributed by atoms with Gasteiger partial charge in [0.15, 0.2) is 5.13 Å². The van der Waals surface area contributed by atoms with E-state index in [4.69, 9.17) is 0 Å². The van der Waals surface area contributed by atoms with Gasteiger partial charge in [0, 0.05) is 7.05 Å². The van der Waals surface area contributed by atoms with Crippen LogP contribution in [-0.2, 0) is 10.0 Å². The molecule has 0 unspecified atom stereocenters. The molecule has 0 saturated heterocycles. The number of carbonyl (C=O) groups excluding carboxylic acids is 1. The van der Waals surface area contributed by atoms with Gasteiger partial charge in [0.2, 0.25) is 0 Å².